The molecule has 14 heteroatoms. The minimum Gasteiger partial charge on any atom is -0.546 e. The molecule has 0 aliphatic carbocycles. The Morgan fingerprint density at radius 2 is 1.77 bits per heavy atom. The molecule has 0 aliphatic rings. The van der Waals surface area contributed by atoms with E-state index in [1.54, 1.807) is 29.7 Å². The third kappa shape index (κ3) is 5.98. The molecule has 5 rings (SSSR count). The topological polar surface area (TPSA) is 98.8 Å². The molecular formula is C26H16Cl2F3N2NaO6. The van der Waals surface area contributed by atoms with E-state index in [1.165, 1.54) is 43.3 Å². The van der Waals surface area contributed by atoms with Gasteiger partial charge in [0.1, 0.15) is 23.4 Å². The predicted molar refractivity (Wildman–Crippen MR) is 134 cm³/mol. The van der Waals surface area contributed by atoms with Gasteiger partial charge in [0.2, 0.25) is 0 Å². The van der Waals surface area contributed by atoms with Gasteiger partial charge in [0, 0.05) is 22.5 Å². The summed E-state index contributed by atoms with van der Waals surface area (Å²) in [6.07, 6.45) is -6.22. The number of aromatic nitrogens is 2. The molecule has 0 saturated heterocycles. The van der Waals surface area contributed by atoms with Crippen molar-refractivity contribution in [1.82, 2.24) is 9.72 Å². The van der Waals surface area contributed by atoms with Crippen molar-refractivity contribution in [3.8, 4) is 28.8 Å². The number of carbonyl (C=O) groups is 1. The number of fused-ring (bicyclic) bond motifs is 2. The number of hydrogen-bond acceptors (Lipinski definition) is 7. The first-order valence-corrected chi connectivity index (χ1v) is 12.0. The summed E-state index contributed by atoms with van der Waals surface area (Å²) >= 11 is 12.2. The van der Waals surface area contributed by atoms with Crippen LogP contribution in [0.15, 0.2) is 59.1 Å². The fraction of sp³-hybridized carbons (Fsp3) is 0.154. The number of carbonyl (C=O) groups excluding carboxylic acids is 1. The summed E-state index contributed by atoms with van der Waals surface area (Å²) in [4.78, 5) is 11.1. The van der Waals surface area contributed by atoms with E-state index < -0.39 is 24.2 Å². The van der Waals surface area contributed by atoms with E-state index in [0.29, 0.717) is 33.0 Å². The van der Waals surface area contributed by atoms with Crippen LogP contribution in [0.3, 0.4) is 0 Å². The summed E-state index contributed by atoms with van der Waals surface area (Å²) in [6, 6.07) is 13.0. The van der Waals surface area contributed by atoms with Gasteiger partial charge in [-0.05, 0) is 56.3 Å². The Kier molecular flexibility index (Phi) is 8.53. The molecule has 2 heterocycles. The van der Waals surface area contributed by atoms with Gasteiger partial charge in [-0.3, -0.25) is 4.57 Å². The Labute approximate surface area is 256 Å². The summed E-state index contributed by atoms with van der Waals surface area (Å²) in [7, 11) is 0. The molecule has 0 unspecified atom stereocenters. The molecule has 0 fully saturated rings. The zero-order valence-corrected chi connectivity index (χ0v) is 24.5. The Morgan fingerprint density at radius 1 is 1.05 bits per heavy atom. The Hall–Kier alpha value is -3.09. The van der Waals surface area contributed by atoms with Crippen LogP contribution < -0.4 is 48.9 Å². The summed E-state index contributed by atoms with van der Waals surface area (Å²) in [5.41, 5.74) is 1.30. The van der Waals surface area contributed by atoms with Crippen molar-refractivity contribution in [3.05, 3.63) is 70.3 Å². The molecule has 0 saturated carbocycles. The molecule has 8 nitrogen and oxygen atoms in total. The van der Waals surface area contributed by atoms with E-state index in [0.717, 1.165) is 0 Å². The van der Waals surface area contributed by atoms with Gasteiger partial charge in [0.05, 0.1) is 27.6 Å². The van der Waals surface area contributed by atoms with Crippen molar-refractivity contribution in [2.75, 3.05) is 0 Å². The molecule has 0 amide bonds. The average molecular weight is 603 g/mol. The molecule has 202 valence electrons. The number of alkyl halides is 3. The second-order valence-electron chi connectivity index (χ2n) is 8.40. The van der Waals surface area contributed by atoms with Gasteiger partial charge in [0.25, 0.3) is 0 Å². The molecule has 1 atom stereocenters. The predicted octanol–water partition coefficient (Wildman–Crippen LogP) is 3.60. The molecule has 0 spiro atoms. The van der Waals surface area contributed by atoms with E-state index in [2.05, 4.69) is 9.89 Å². The van der Waals surface area contributed by atoms with Crippen LogP contribution in [-0.2, 0) is 4.79 Å². The maximum absolute atomic E-state index is 13.0. The number of ether oxygens (including phenoxy) is 3. The number of benzene rings is 3. The van der Waals surface area contributed by atoms with Crippen LogP contribution >= 0.6 is 23.2 Å². The number of carboxylic acids is 1. The molecule has 0 aliphatic heterocycles. The number of halogens is 5. The van der Waals surface area contributed by atoms with Crippen molar-refractivity contribution < 1.29 is 71.4 Å². The van der Waals surface area contributed by atoms with Crippen LogP contribution in [0.5, 0.6) is 23.0 Å². The number of hydrogen-bond donors (Lipinski definition) is 0. The number of carboxylic acid groups (broad SMARTS) is 1. The molecular weight excluding hydrogens is 587 g/mol. The van der Waals surface area contributed by atoms with Crippen LogP contribution in [0.1, 0.15) is 12.6 Å². The van der Waals surface area contributed by atoms with Crippen LogP contribution in [0.2, 0.25) is 10.0 Å². The molecule has 0 N–H and O–H groups in total. The second-order valence-corrected chi connectivity index (χ2v) is 9.24. The van der Waals surface area contributed by atoms with Gasteiger partial charge in [0.15, 0.2) is 17.2 Å². The second kappa shape index (κ2) is 11.4. The van der Waals surface area contributed by atoms with Crippen LogP contribution in [-0.4, -0.2) is 28.2 Å². The monoisotopic (exact) mass is 602 g/mol. The number of aliphatic carboxylic acids is 1. The minimum atomic E-state index is -4.91. The summed E-state index contributed by atoms with van der Waals surface area (Å²) in [6.45, 7) is 2.95. The third-order valence-electron chi connectivity index (χ3n) is 5.74. The van der Waals surface area contributed by atoms with Gasteiger partial charge in [-0.25, -0.2) is 0 Å². The van der Waals surface area contributed by atoms with Gasteiger partial charge >= 0.3 is 35.9 Å². The van der Waals surface area contributed by atoms with E-state index in [4.69, 9.17) is 37.2 Å². The first-order chi connectivity index (χ1) is 18.4. The molecule has 3 aromatic carbocycles. The maximum Gasteiger partial charge on any atom is 1.00 e. The maximum atomic E-state index is 13.0. The van der Waals surface area contributed by atoms with Crippen molar-refractivity contribution in [2.45, 2.75) is 26.3 Å². The average Bonchev–Trinajstić information content (AvgIpc) is 3.37. The SMILES string of the molecule is Cc1c(Oc2ccc(Cl)c(O[C@H](C)C(=O)[O-])c2)c2cc(OC(F)(F)F)ccc2n1-c1noc2cc(Cl)ccc12.[Na+]. The van der Waals surface area contributed by atoms with Crippen LogP contribution in [0.25, 0.3) is 27.7 Å². The van der Waals surface area contributed by atoms with Gasteiger partial charge in [-0.15, -0.1) is 13.2 Å². The van der Waals surface area contributed by atoms with E-state index in [-0.39, 0.29) is 57.2 Å². The van der Waals surface area contributed by atoms with E-state index in [1.807, 2.05) is 0 Å². The number of nitrogens with zero attached hydrogens (tertiary/aromatic N) is 2. The van der Waals surface area contributed by atoms with E-state index in [9.17, 15) is 23.1 Å². The van der Waals surface area contributed by atoms with Gasteiger partial charge in [-0.1, -0.05) is 28.4 Å². The zero-order chi connectivity index (χ0) is 28.1. The fourth-order valence-corrected chi connectivity index (χ4v) is 4.35. The largest absolute Gasteiger partial charge is 1.00 e. The molecule has 0 radical (unpaired) electrons. The standard InChI is InChI=1S/C26H17Cl2F3N2O6.Na/c1-12-23(37-15-4-7-19(28)22(11-15)36-13(2)25(34)35)18-10-16(38-26(29,30)31)5-8-20(18)33(12)24-17-6-3-14(27)9-21(17)39-32-24;/h3-11,13H,1-2H3,(H,34,35);/q;+1/p-1/t13-;/m1./s1. The van der Waals surface area contributed by atoms with Crippen LogP contribution in [0, 0.1) is 6.92 Å². The Morgan fingerprint density at radius 3 is 2.48 bits per heavy atom. The van der Waals surface area contributed by atoms with Crippen LogP contribution in [0.4, 0.5) is 13.2 Å². The quantitative estimate of drug-likeness (QED) is 0.263. The molecule has 2 aromatic heterocycles. The van der Waals surface area contributed by atoms with Gasteiger partial charge in [-0.2, -0.15) is 0 Å². The smallest absolute Gasteiger partial charge is 0.546 e. The summed E-state index contributed by atoms with van der Waals surface area (Å²) < 4.78 is 61.6. The van der Waals surface area contributed by atoms with Gasteiger partial charge < -0.3 is 28.6 Å². The minimum absolute atomic E-state index is 0. The Balaban J connectivity index is 0.00000370. The number of rotatable bonds is 7. The van der Waals surface area contributed by atoms with E-state index >= 15 is 0 Å². The Bertz CT molecular complexity index is 1740. The molecule has 5 aromatic rings. The third-order valence-corrected chi connectivity index (χ3v) is 6.28. The summed E-state index contributed by atoms with van der Waals surface area (Å²) in [5, 5.41) is 16.7. The van der Waals surface area contributed by atoms with Crippen molar-refractivity contribution in [1.29, 1.82) is 0 Å². The zero-order valence-electron chi connectivity index (χ0n) is 21.0. The van der Waals surface area contributed by atoms with Crippen molar-refractivity contribution in [3.63, 3.8) is 0 Å². The molecule has 40 heavy (non-hydrogen) atoms. The fourth-order valence-electron chi connectivity index (χ4n) is 4.02. The molecule has 0 bridgehead atoms. The first kappa shape index (κ1) is 29.9. The van der Waals surface area contributed by atoms with Crippen molar-refractivity contribution in [2.24, 2.45) is 0 Å². The summed E-state index contributed by atoms with van der Waals surface area (Å²) in [5.74, 6) is -1.21. The van der Waals surface area contributed by atoms with Crippen molar-refractivity contribution >= 4 is 51.0 Å². The normalized spacial score (nSPS) is 12.3. The first-order valence-electron chi connectivity index (χ1n) is 11.2.